The van der Waals surface area contributed by atoms with Gasteiger partial charge in [-0.05, 0) is 32.9 Å². The molecule has 0 atom stereocenters. The van der Waals surface area contributed by atoms with Crippen LogP contribution < -0.4 is 10.6 Å². The molecule has 0 unspecified atom stereocenters. The Morgan fingerprint density at radius 1 is 1.21 bits per heavy atom. The molecule has 19 heavy (non-hydrogen) atoms. The summed E-state index contributed by atoms with van der Waals surface area (Å²) in [4.78, 5) is 8.22. The molecular formula is C13H20N6. The van der Waals surface area contributed by atoms with E-state index in [1.807, 2.05) is 12.1 Å². The van der Waals surface area contributed by atoms with Crippen molar-refractivity contribution < 1.29 is 0 Å². The molecule has 2 N–H and O–H groups in total. The third-order valence-corrected chi connectivity index (χ3v) is 2.51. The van der Waals surface area contributed by atoms with Crippen molar-refractivity contribution in [2.24, 2.45) is 0 Å². The van der Waals surface area contributed by atoms with E-state index in [-0.39, 0.29) is 5.54 Å². The maximum Gasteiger partial charge on any atom is 0.155 e. The summed E-state index contributed by atoms with van der Waals surface area (Å²) in [5.41, 5.74) is 1.15. The van der Waals surface area contributed by atoms with E-state index in [2.05, 4.69) is 46.5 Å². The van der Waals surface area contributed by atoms with Gasteiger partial charge in [-0.2, -0.15) is 5.10 Å². The summed E-state index contributed by atoms with van der Waals surface area (Å²) in [7, 11) is 0. The summed E-state index contributed by atoms with van der Waals surface area (Å²) < 4.78 is 1.63. The lowest BCUT2D eigenvalue weighted by Crippen LogP contribution is -2.38. The summed E-state index contributed by atoms with van der Waals surface area (Å²) in [6.07, 6.45) is 4.92. The Labute approximate surface area is 113 Å². The Morgan fingerprint density at radius 2 is 2.05 bits per heavy atom. The van der Waals surface area contributed by atoms with Gasteiger partial charge in [0, 0.05) is 18.6 Å². The van der Waals surface area contributed by atoms with E-state index in [1.165, 1.54) is 6.33 Å². The first-order valence-corrected chi connectivity index (χ1v) is 6.34. The fourth-order valence-corrected chi connectivity index (χ4v) is 1.60. The molecule has 0 aliphatic carbocycles. The molecule has 0 saturated heterocycles. The van der Waals surface area contributed by atoms with Crippen LogP contribution in [0.25, 0.3) is 5.82 Å². The predicted molar refractivity (Wildman–Crippen MR) is 75.4 cm³/mol. The number of hydrogen-bond acceptors (Lipinski definition) is 5. The molecule has 2 rings (SSSR count). The Balaban J connectivity index is 1.83. The first-order chi connectivity index (χ1) is 9.04. The zero-order valence-corrected chi connectivity index (χ0v) is 11.6. The zero-order chi connectivity index (χ0) is 13.7. The topological polar surface area (TPSA) is 67.7 Å². The lowest BCUT2D eigenvalue weighted by Gasteiger charge is -2.20. The van der Waals surface area contributed by atoms with Gasteiger partial charge in [-0.1, -0.05) is 0 Å². The highest BCUT2D eigenvalue weighted by molar-refractivity contribution is 5.43. The van der Waals surface area contributed by atoms with Crippen LogP contribution in [0.3, 0.4) is 0 Å². The Hall–Kier alpha value is -1.95. The molecule has 0 aliphatic rings. The second kappa shape index (κ2) is 5.79. The number of nitrogens with one attached hydrogen (secondary N) is 2. The number of aromatic nitrogens is 4. The first-order valence-electron chi connectivity index (χ1n) is 6.34. The van der Waals surface area contributed by atoms with Gasteiger partial charge in [0.2, 0.25) is 0 Å². The molecule has 102 valence electrons. The molecule has 6 nitrogen and oxygen atoms in total. The van der Waals surface area contributed by atoms with Crippen molar-refractivity contribution in [2.45, 2.75) is 26.3 Å². The SMILES string of the molecule is CC(C)(C)NCCNc1ccc(-n2cncn2)nc1. The molecule has 0 aliphatic heterocycles. The van der Waals surface area contributed by atoms with Crippen molar-refractivity contribution in [3.63, 3.8) is 0 Å². The standard InChI is InChI=1S/C13H20N6/c1-13(2,3)17-7-6-15-11-4-5-12(16-8-11)19-10-14-9-18-19/h4-5,8-10,15,17H,6-7H2,1-3H3. The van der Waals surface area contributed by atoms with Gasteiger partial charge in [0.25, 0.3) is 0 Å². The quantitative estimate of drug-likeness (QED) is 0.797. The van der Waals surface area contributed by atoms with Crippen molar-refractivity contribution in [3.8, 4) is 5.82 Å². The van der Waals surface area contributed by atoms with E-state index in [1.54, 1.807) is 17.2 Å². The fourth-order valence-electron chi connectivity index (χ4n) is 1.60. The van der Waals surface area contributed by atoms with Crippen molar-refractivity contribution >= 4 is 5.69 Å². The summed E-state index contributed by atoms with van der Waals surface area (Å²) in [6.45, 7) is 8.24. The molecule has 0 spiro atoms. The van der Waals surface area contributed by atoms with Gasteiger partial charge < -0.3 is 10.6 Å². The number of pyridine rings is 1. The van der Waals surface area contributed by atoms with Crippen molar-refractivity contribution in [1.29, 1.82) is 0 Å². The number of anilines is 1. The minimum Gasteiger partial charge on any atom is -0.383 e. The third-order valence-electron chi connectivity index (χ3n) is 2.51. The average Bonchev–Trinajstić information content (AvgIpc) is 2.88. The molecule has 0 fully saturated rings. The first kappa shape index (κ1) is 13.5. The molecule has 0 amide bonds. The molecular weight excluding hydrogens is 240 g/mol. The summed E-state index contributed by atoms with van der Waals surface area (Å²) >= 11 is 0. The molecule has 2 aromatic rings. The van der Waals surface area contributed by atoms with Gasteiger partial charge in [0.1, 0.15) is 12.7 Å². The monoisotopic (exact) mass is 260 g/mol. The molecule has 2 aromatic heterocycles. The van der Waals surface area contributed by atoms with Crippen LogP contribution in [0, 0.1) is 0 Å². The van der Waals surface area contributed by atoms with Crippen LogP contribution in [0.2, 0.25) is 0 Å². The zero-order valence-electron chi connectivity index (χ0n) is 11.6. The number of nitrogens with zero attached hydrogens (tertiary/aromatic N) is 4. The highest BCUT2D eigenvalue weighted by Crippen LogP contribution is 2.08. The van der Waals surface area contributed by atoms with E-state index < -0.39 is 0 Å². The maximum absolute atomic E-state index is 4.33. The van der Waals surface area contributed by atoms with E-state index in [4.69, 9.17) is 0 Å². The predicted octanol–water partition coefficient (Wildman–Crippen LogP) is 1.46. The molecule has 0 saturated carbocycles. The van der Waals surface area contributed by atoms with E-state index in [0.29, 0.717) is 0 Å². The highest BCUT2D eigenvalue weighted by Gasteiger charge is 2.07. The van der Waals surface area contributed by atoms with Gasteiger partial charge in [0.05, 0.1) is 11.9 Å². The van der Waals surface area contributed by atoms with Crippen molar-refractivity contribution in [2.75, 3.05) is 18.4 Å². The van der Waals surface area contributed by atoms with E-state index in [0.717, 1.165) is 24.6 Å². The highest BCUT2D eigenvalue weighted by atomic mass is 15.3. The molecule has 2 heterocycles. The largest absolute Gasteiger partial charge is 0.383 e. The Morgan fingerprint density at radius 3 is 2.63 bits per heavy atom. The van der Waals surface area contributed by atoms with Crippen LogP contribution in [-0.4, -0.2) is 38.4 Å². The normalized spacial score (nSPS) is 11.5. The Kier molecular flexibility index (Phi) is 4.11. The van der Waals surface area contributed by atoms with E-state index >= 15 is 0 Å². The van der Waals surface area contributed by atoms with Gasteiger partial charge in [-0.3, -0.25) is 0 Å². The summed E-state index contributed by atoms with van der Waals surface area (Å²) in [5, 5.41) is 10.8. The van der Waals surface area contributed by atoms with Crippen LogP contribution in [0.1, 0.15) is 20.8 Å². The minimum atomic E-state index is 0.150. The van der Waals surface area contributed by atoms with Crippen LogP contribution in [-0.2, 0) is 0 Å². The summed E-state index contributed by atoms with van der Waals surface area (Å²) in [5.74, 6) is 0.760. The second-order valence-electron chi connectivity index (χ2n) is 5.35. The van der Waals surface area contributed by atoms with Crippen LogP contribution >= 0.6 is 0 Å². The van der Waals surface area contributed by atoms with E-state index in [9.17, 15) is 0 Å². The lowest BCUT2D eigenvalue weighted by atomic mass is 10.1. The summed E-state index contributed by atoms with van der Waals surface area (Å²) in [6, 6.07) is 3.90. The minimum absolute atomic E-state index is 0.150. The fraction of sp³-hybridized carbons (Fsp3) is 0.462. The molecule has 6 heteroatoms. The molecule has 0 radical (unpaired) electrons. The third kappa shape index (κ3) is 4.33. The number of rotatable bonds is 5. The molecule has 0 aromatic carbocycles. The Bertz CT molecular complexity index is 483. The van der Waals surface area contributed by atoms with Gasteiger partial charge in [-0.25, -0.2) is 14.6 Å². The smallest absolute Gasteiger partial charge is 0.155 e. The molecule has 0 bridgehead atoms. The van der Waals surface area contributed by atoms with Gasteiger partial charge in [-0.15, -0.1) is 0 Å². The maximum atomic E-state index is 4.33. The van der Waals surface area contributed by atoms with Gasteiger partial charge >= 0.3 is 0 Å². The van der Waals surface area contributed by atoms with Crippen molar-refractivity contribution in [3.05, 3.63) is 31.0 Å². The van der Waals surface area contributed by atoms with Crippen LogP contribution in [0.5, 0.6) is 0 Å². The van der Waals surface area contributed by atoms with Crippen LogP contribution in [0.4, 0.5) is 5.69 Å². The average molecular weight is 260 g/mol. The lowest BCUT2D eigenvalue weighted by molar-refractivity contribution is 0.435. The van der Waals surface area contributed by atoms with Crippen molar-refractivity contribution in [1.82, 2.24) is 25.1 Å². The second-order valence-corrected chi connectivity index (χ2v) is 5.35. The number of hydrogen-bond donors (Lipinski definition) is 2. The van der Waals surface area contributed by atoms with Gasteiger partial charge in [0.15, 0.2) is 5.82 Å². The van der Waals surface area contributed by atoms with Crippen LogP contribution in [0.15, 0.2) is 31.0 Å².